The lowest BCUT2D eigenvalue weighted by Crippen LogP contribution is -2.14. The third-order valence-electron chi connectivity index (χ3n) is 4.40. The summed E-state index contributed by atoms with van der Waals surface area (Å²) in [4.78, 5) is 12.2. The zero-order chi connectivity index (χ0) is 17.6. The molecule has 0 amide bonds. The van der Waals surface area contributed by atoms with Crippen LogP contribution in [0.5, 0.6) is 0 Å². The Morgan fingerprint density at radius 1 is 0.720 bits per heavy atom. The molecule has 2 heteroatoms. The Morgan fingerprint density at radius 3 is 1.52 bits per heavy atom. The second kappa shape index (κ2) is 7.63. The molecule has 1 N–H and O–H groups in total. The van der Waals surface area contributed by atoms with E-state index in [9.17, 15) is 9.90 Å². The molecule has 0 saturated carbocycles. The van der Waals surface area contributed by atoms with E-state index in [1.165, 1.54) is 0 Å². The van der Waals surface area contributed by atoms with Crippen LogP contribution in [0, 0.1) is 0 Å². The van der Waals surface area contributed by atoms with E-state index in [0.717, 1.165) is 22.3 Å². The molecular weight excluding hydrogens is 308 g/mol. The summed E-state index contributed by atoms with van der Waals surface area (Å²) >= 11 is 0. The maximum Gasteiger partial charge on any atom is 0.332 e. The van der Waals surface area contributed by atoms with Gasteiger partial charge in [0.25, 0.3) is 0 Å². The fourth-order valence-electron chi connectivity index (χ4n) is 3.16. The van der Waals surface area contributed by atoms with Gasteiger partial charge in [0.15, 0.2) is 0 Å². The summed E-state index contributed by atoms with van der Waals surface area (Å²) in [7, 11) is 0. The molecule has 3 aromatic carbocycles. The lowest BCUT2D eigenvalue weighted by Gasteiger charge is -2.21. The maximum absolute atomic E-state index is 12.2. The normalized spacial score (nSPS) is 11.9. The van der Waals surface area contributed by atoms with Crippen molar-refractivity contribution in [2.24, 2.45) is 0 Å². The Labute approximate surface area is 148 Å². The summed E-state index contributed by atoms with van der Waals surface area (Å²) in [5.41, 5.74) is 4.06. The molecule has 25 heavy (non-hydrogen) atoms. The number of aliphatic carboxylic acids is 1. The number of hydrogen-bond acceptors (Lipinski definition) is 1. The fourth-order valence-corrected chi connectivity index (χ4v) is 3.16. The smallest absolute Gasteiger partial charge is 0.332 e. The number of benzene rings is 3. The van der Waals surface area contributed by atoms with E-state index in [-0.39, 0.29) is 5.92 Å². The van der Waals surface area contributed by atoms with Crippen molar-refractivity contribution in [1.29, 1.82) is 0 Å². The highest BCUT2D eigenvalue weighted by molar-refractivity contribution is 5.98. The van der Waals surface area contributed by atoms with Crippen molar-refractivity contribution in [3.8, 4) is 0 Å². The lowest BCUT2D eigenvalue weighted by molar-refractivity contribution is -0.132. The average Bonchev–Trinajstić information content (AvgIpc) is 2.67. The first-order chi connectivity index (χ1) is 12.2. The molecule has 0 saturated heterocycles. The highest BCUT2D eigenvalue weighted by atomic mass is 16.4. The van der Waals surface area contributed by atoms with E-state index in [2.05, 4.69) is 0 Å². The minimum absolute atomic E-state index is 0.319. The molecule has 2 nitrogen and oxygen atoms in total. The average molecular weight is 328 g/mol. The summed E-state index contributed by atoms with van der Waals surface area (Å²) < 4.78 is 0. The van der Waals surface area contributed by atoms with Gasteiger partial charge in [0.1, 0.15) is 0 Å². The van der Waals surface area contributed by atoms with Crippen LogP contribution in [0.3, 0.4) is 0 Å². The predicted molar refractivity (Wildman–Crippen MR) is 101 cm³/mol. The van der Waals surface area contributed by atoms with Crippen molar-refractivity contribution >= 4 is 11.5 Å². The summed E-state index contributed by atoms with van der Waals surface area (Å²) in [6.45, 7) is 1.89. The zero-order valence-corrected chi connectivity index (χ0v) is 14.1. The van der Waals surface area contributed by atoms with Gasteiger partial charge < -0.3 is 5.11 Å². The molecule has 0 aromatic heterocycles. The molecule has 124 valence electrons. The first kappa shape index (κ1) is 16.7. The van der Waals surface area contributed by atoms with Gasteiger partial charge in [-0.15, -0.1) is 0 Å². The van der Waals surface area contributed by atoms with Gasteiger partial charge in [0.05, 0.1) is 5.57 Å². The van der Waals surface area contributed by atoms with Crippen molar-refractivity contribution < 1.29 is 9.90 Å². The molecule has 0 aliphatic heterocycles. The Morgan fingerprint density at radius 2 is 1.12 bits per heavy atom. The highest BCUT2D eigenvalue weighted by Gasteiger charge is 2.26. The number of carboxylic acids is 1. The van der Waals surface area contributed by atoms with Crippen LogP contribution in [0.2, 0.25) is 0 Å². The lowest BCUT2D eigenvalue weighted by atomic mass is 9.81. The molecular formula is C23H20O2. The van der Waals surface area contributed by atoms with E-state index in [1.54, 1.807) is 0 Å². The Bertz CT molecular complexity index is 826. The van der Waals surface area contributed by atoms with Gasteiger partial charge in [-0.05, 0) is 29.2 Å². The van der Waals surface area contributed by atoms with Crippen LogP contribution in [0.1, 0.15) is 29.5 Å². The van der Waals surface area contributed by atoms with E-state index >= 15 is 0 Å². The van der Waals surface area contributed by atoms with E-state index < -0.39 is 5.97 Å². The molecule has 0 atom stereocenters. The predicted octanol–water partition coefficient (Wildman–Crippen LogP) is 5.38. The molecule has 3 rings (SSSR count). The van der Waals surface area contributed by atoms with Crippen LogP contribution in [-0.2, 0) is 4.79 Å². The van der Waals surface area contributed by atoms with Crippen LogP contribution in [0.25, 0.3) is 5.57 Å². The second-order valence-electron chi connectivity index (χ2n) is 5.96. The molecule has 0 heterocycles. The van der Waals surface area contributed by atoms with Gasteiger partial charge in [-0.3, -0.25) is 0 Å². The number of hydrogen-bond donors (Lipinski definition) is 1. The standard InChI is InChI=1S/C23H20O2/c1-17(18-11-5-2-6-12-18)21(23(24)25)22(19-13-7-3-8-14-19)20-15-9-4-10-16-20/h2-16,22H,1H3,(H,24,25). The van der Waals surface area contributed by atoms with E-state index in [1.807, 2.05) is 97.9 Å². The van der Waals surface area contributed by atoms with Crippen LogP contribution < -0.4 is 0 Å². The Kier molecular flexibility index (Phi) is 5.10. The van der Waals surface area contributed by atoms with Gasteiger partial charge in [0, 0.05) is 5.92 Å². The van der Waals surface area contributed by atoms with Crippen molar-refractivity contribution in [2.45, 2.75) is 12.8 Å². The van der Waals surface area contributed by atoms with Crippen molar-refractivity contribution in [3.05, 3.63) is 113 Å². The van der Waals surface area contributed by atoms with Crippen molar-refractivity contribution in [2.75, 3.05) is 0 Å². The van der Waals surface area contributed by atoms with Gasteiger partial charge in [-0.25, -0.2) is 4.79 Å². The third kappa shape index (κ3) is 3.69. The molecule has 3 aromatic rings. The fraction of sp³-hybridized carbons (Fsp3) is 0.0870. The third-order valence-corrected chi connectivity index (χ3v) is 4.40. The van der Waals surface area contributed by atoms with Gasteiger partial charge in [0.2, 0.25) is 0 Å². The van der Waals surface area contributed by atoms with Gasteiger partial charge in [-0.1, -0.05) is 91.0 Å². The summed E-state index contributed by atoms with van der Waals surface area (Å²) in [5.74, 6) is -1.21. The van der Waals surface area contributed by atoms with Crippen LogP contribution in [0.4, 0.5) is 0 Å². The molecule has 0 unspecified atom stereocenters. The molecule has 0 radical (unpaired) electrons. The molecule has 0 spiro atoms. The Hall–Kier alpha value is -3.13. The largest absolute Gasteiger partial charge is 0.478 e. The minimum Gasteiger partial charge on any atom is -0.478 e. The van der Waals surface area contributed by atoms with Crippen LogP contribution in [-0.4, -0.2) is 11.1 Å². The first-order valence-corrected chi connectivity index (χ1v) is 8.28. The number of rotatable bonds is 5. The minimum atomic E-state index is -0.890. The summed E-state index contributed by atoms with van der Waals surface area (Å²) in [6, 6.07) is 29.3. The molecule has 0 bridgehead atoms. The first-order valence-electron chi connectivity index (χ1n) is 8.28. The number of allylic oxidation sites excluding steroid dienone is 1. The number of carboxylic acid groups (broad SMARTS) is 1. The quantitative estimate of drug-likeness (QED) is 0.639. The highest BCUT2D eigenvalue weighted by Crippen LogP contribution is 2.36. The van der Waals surface area contributed by atoms with E-state index in [4.69, 9.17) is 0 Å². The summed E-state index contributed by atoms with van der Waals surface area (Å²) in [5, 5.41) is 10.0. The maximum atomic E-state index is 12.2. The SMILES string of the molecule is CC(=C(C(=O)O)C(c1ccccc1)c1ccccc1)c1ccccc1. The molecule has 0 aliphatic carbocycles. The molecule has 0 aliphatic rings. The van der Waals surface area contributed by atoms with Gasteiger partial charge >= 0.3 is 5.97 Å². The van der Waals surface area contributed by atoms with Gasteiger partial charge in [-0.2, -0.15) is 0 Å². The van der Waals surface area contributed by atoms with Crippen molar-refractivity contribution in [3.63, 3.8) is 0 Å². The number of carbonyl (C=O) groups is 1. The topological polar surface area (TPSA) is 37.3 Å². The van der Waals surface area contributed by atoms with E-state index in [0.29, 0.717) is 5.57 Å². The monoisotopic (exact) mass is 328 g/mol. The zero-order valence-electron chi connectivity index (χ0n) is 14.1. The van der Waals surface area contributed by atoms with Crippen molar-refractivity contribution in [1.82, 2.24) is 0 Å². The van der Waals surface area contributed by atoms with Crippen LogP contribution in [0.15, 0.2) is 96.6 Å². The van der Waals surface area contributed by atoms with Crippen LogP contribution >= 0.6 is 0 Å². The summed E-state index contributed by atoms with van der Waals surface area (Å²) in [6.07, 6.45) is 0. The molecule has 0 fully saturated rings. The Balaban J connectivity index is 2.24. The second-order valence-corrected chi connectivity index (χ2v) is 5.96.